The molecule has 0 bridgehead atoms. The summed E-state index contributed by atoms with van der Waals surface area (Å²) < 4.78 is 1.30. The number of aromatic nitrogens is 4. The highest BCUT2D eigenvalue weighted by atomic mass is 16.2. The first kappa shape index (κ1) is 18.4. The summed E-state index contributed by atoms with van der Waals surface area (Å²) in [4.78, 5) is 27.5. The van der Waals surface area contributed by atoms with E-state index in [9.17, 15) is 9.59 Å². The van der Waals surface area contributed by atoms with Gasteiger partial charge in [0.15, 0.2) is 0 Å². The number of fused-ring (bicyclic) bond motifs is 1. The topological polar surface area (TPSA) is 83.9 Å². The Kier molecular flexibility index (Phi) is 4.98. The molecular formula is C21H25N5O2. The molecule has 7 nitrogen and oxygen atoms in total. The van der Waals surface area contributed by atoms with Crippen molar-refractivity contribution in [2.75, 3.05) is 13.1 Å². The van der Waals surface area contributed by atoms with E-state index in [2.05, 4.69) is 22.2 Å². The predicted molar refractivity (Wildman–Crippen MR) is 107 cm³/mol. The second-order valence-electron chi connectivity index (χ2n) is 7.44. The Labute approximate surface area is 163 Å². The maximum atomic E-state index is 12.9. The van der Waals surface area contributed by atoms with E-state index in [0.29, 0.717) is 18.5 Å². The summed E-state index contributed by atoms with van der Waals surface area (Å²) in [5.41, 5.74) is 2.88. The number of carbonyl (C=O) groups excluding carboxylic acids is 1. The number of aromatic amines is 1. The molecule has 1 atom stereocenters. The highest BCUT2D eigenvalue weighted by molar-refractivity contribution is 5.83. The van der Waals surface area contributed by atoms with Crippen molar-refractivity contribution in [3.05, 3.63) is 57.8 Å². The largest absolute Gasteiger partial charge is 0.340 e. The molecule has 1 aliphatic rings. The molecule has 0 saturated carbocycles. The van der Waals surface area contributed by atoms with Crippen LogP contribution >= 0.6 is 0 Å². The van der Waals surface area contributed by atoms with Gasteiger partial charge in [-0.05, 0) is 37.8 Å². The molecule has 0 radical (unpaired) electrons. The van der Waals surface area contributed by atoms with Crippen molar-refractivity contribution >= 4 is 16.7 Å². The first-order valence-corrected chi connectivity index (χ1v) is 9.84. The van der Waals surface area contributed by atoms with Crippen LogP contribution in [0.1, 0.15) is 42.6 Å². The minimum Gasteiger partial charge on any atom is -0.340 e. The molecule has 1 aliphatic heterocycles. The van der Waals surface area contributed by atoms with Crippen molar-refractivity contribution in [3.8, 4) is 0 Å². The number of carbonyl (C=O) groups is 1. The van der Waals surface area contributed by atoms with Gasteiger partial charge in [-0.15, -0.1) is 0 Å². The molecule has 28 heavy (non-hydrogen) atoms. The van der Waals surface area contributed by atoms with Crippen molar-refractivity contribution in [2.24, 2.45) is 0 Å². The lowest BCUT2D eigenvalue weighted by atomic mass is 9.92. The van der Waals surface area contributed by atoms with Gasteiger partial charge in [-0.3, -0.25) is 14.7 Å². The number of benzene rings is 1. The Morgan fingerprint density at radius 2 is 2.07 bits per heavy atom. The second kappa shape index (κ2) is 7.58. The van der Waals surface area contributed by atoms with E-state index >= 15 is 0 Å². The fraction of sp³-hybridized carbons (Fsp3) is 0.429. The van der Waals surface area contributed by atoms with E-state index in [-0.39, 0.29) is 23.9 Å². The number of hydrogen-bond donors (Lipinski definition) is 1. The van der Waals surface area contributed by atoms with Gasteiger partial charge in [0.2, 0.25) is 5.91 Å². The van der Waals surface area contributed by atoms with Crippen LogP contribution in [-0.2, 0) is 17.8 Å². The van der Waals surface area contributed by atoms with Gasteiger partial charge in [-0.2, -0.15) is 10.2 Å². The predicted octanol–water partition coefficient (Wildman–Crippen LogP) is 2.40. The highest BCUT2D eigenvalue weighted by Crippen LogP contribution is 2.28. The lowest BCUT2D eigenvalue weighted by Crippen LogP contribution is -2.42. The molecule has 1 aromatic carbocycles. The number of piperidine rings is 1. The third kappa shape index (κ3) is 3.32. The molecule has 1 fully saturated rings. The van der Waals surface area contributed by atoms with E-state index < -0.39 is 0 Å². The molecule has 0 spiro atoms. The van der Waals surface area contributed by atoms with Crippen LogP contribution in [0.5, 0.6) is 0 Å². The summed E-state index contributed by atoms with van der Waals surface area (Å²) in [6, 6.07) is 7.39. The Morgan fingerprint density at radius 1 is 1.29 bits per heavy atom. The smallest absolute Gasteiger partial charge is 0.275 e. The van der Waals surface area contributed by atoms with E-state index in [1.807, 2.05) is 36.2 Å². The molecule has 3 heterocycles. The maximum Gasteiger partial charge on any atom is 0.275 e. The zero-order chi connectivity index (χ0) is 19.7. The molecule has 0 unspecified atom stereocenters. The summed E-state index contributed by atoms with van der Waals surface area (Å²) in [6.07, 6.45) is 4.77. The van der Waals surface area contributed by atoms with Crippen LogP contribution in [-0.4, -0.2) is 43.9 Å². The first-order chi connectivity index (χ1) is 13.6. The van der Waals surface area contributed by atoms with Crippen molar-refractivity contribution in [2.45, 2.75) is 45.6 Å². The Balaban J connectivity index is 1.55. The summed E-state index contributed by atoms with van der Waals surface area (Å²) in [6.45, 7) is 5.31. The number of aryl methyl sites for hydroxylation is 2. The van der Waals surface area contributed by atoms with Crippen molar-refractivity contribution < 1.29 is 4.79 Å². The number of likely N-dealkylation sites (tertiary alicyclic amines) is 1. The highest BCUT2D eigenvalue weighted by Gasteiger charge is 2.27. The maximum absolute atomic E-state index is 12.9. The number of H-pyrrole nitrogens is 1. The molecule has 3 aromatic rings. The zero-order valence-electron chi connectivity index (χ0n) is 16.3. The SMILES string of the molecule is CCc1cn[nH]c1[C@H]1CCCN(C(=O)Cn2nc(C)c3ccccc3c2=O)C1. The van der Waals surface area contributed by atoms with Crippen molar-refractivity contribution in [1.82, 2.24) is 24.9 Å². The quantitative estimate of drug-likeness (QED) is 0.754. The molecule has 1 saturated heterocycles. The number of nitrogens with zero attached hydrogens (tertiary/aromatic N) is 4. The van der Waals surface area contributed by atoms with Crippen molar-refractivity contribution in [3.63, 3.8) is 0 Å². The van der Waals surface area contributed by atoms with Crippen LogP contribution in [0.2, 0.25) is 0 Å². The van der Waals surface area contributed by atoms with Gasteiger partial charge in [-0.1, -0.05) is 25.1 Å². The van der Waals surface area contributed by atoms with Gasteiger partial charge in [0, 0.05) is 30.1 Å². The van der Waals surface area contributed by atoms with Crippen LogP contribution in [0.25, 0.3) is 10.8 Å². The average molecular weight is 379 g/mol. The minimum atomic E-state index is -0.218. The fourth-order valence-electron chi connectivity index (χ4n) is 4.14. The van der Waals surface area contributed by atoms with E-state index in [0.717, 1.165) is 36.0 Å². The lowest BCUT2D eigenvalue weighted by Gasteiger charge is -2.32. The standard InChI is InChI=1S/C21H25N5O2/c1-3-15-11-22-23-20(15)16-7-6-10-25(12-16)19(27)13-26-21(28)18-9-5-4-8-17(18)14(2)24-26/h4-5,8-9,11,16H,3,6-7,10,12-13H2,1-2H3,(H,22,23)/t16-/m0/s1. The summed E-state index contributed by atoms with van der Waals surface area (Å²) in [7, 11) is 0. The molecular weight excluding hydrogens is 354 g/mol. The summed E-state index contributed by atoms with van der Waals surface area (Å²) in [5, 5.41) is 13.1. The van der Waals surface area contributed by atoms with Gasteiger partial charge < -0.3 is 4.90 Å². The van der Waals surface area contributed by atoms with Gasteiger partial charge in [0.05, 0.1) is 17.3 Å². The van der Waals surface area contributed by atoms with Gasteiger partial charge in [0.1, 0.15) is 6.54 Å². The fourth-order valence-corrected chi connectivity index (χ4v) is 4.14. The summed E-state index contributed by atoms with van der Waals surface area (Å²) in [5.74, 6) is 0.199. The molecule has 1 N–H and O–H groups in total. The van der Waals surface area contributed by atoms with Crippen LogP contribution in [0, 0.1) is 6.92 Å². The number of nitrogens with one attached hydrogen (secondary N) is 1. The molecule has 7 heteroatoms. The van der Waals surface area contributed by atoms with Gasteiger partial charge in [0.25, 0.3) is 5.56 Å². The molecule has 1 amide bonds. The van der Waals surface area contributed by atoms with Crippen LogP contribution < -0.4 is 5.56 Å². The van der Waals surface area contributed by atoms with Gasteiger partial charge >= 0.3 is 0 Å². The van der Waals surface area contributed by atoms with Gasteiger partial charge in [-0.25, -0.2) is 4.68 Å². The average Bonchev–Trinajstić information content (AvgIpc) is 3.21. The Hall–Kier alpha value is -2.96. The Morgan fingerprint density at radius 3 is 2.86 bits per heavy atom. The molecule has 4 rings (SSSR count). The molecule has 146 valence electrons. The number of rotatable bonds is 4. The van der Waals surface area contributed by atoms with Crippen molar-refractivity contribution in [1.29, 1.82) is 0 Å². The van der Waals surface area contributed by atoms with Crippen LogP contribution in [0.4, 0.5) is 0 Å². The monoisotopic (exact) mass is 379 g/mol. The first-order valence-electron chi connectivity index (χ1n) is 9.84. The molecule has 0 aliphatic carbocycles. The third-order valence-electron chi connectivity index (χ3n) is 5.65. The van der Waals surface area contributed by atoms with E-state index in [4.69, 9.17) is 0 Å². The van der Waals surface area contributed by atoms with E-state index in [1.165, 1.54) is 10.2 Å². The lowest BCUT2D eigenvalue weighted by molar-refractivity contribution is -0.133. The zero-order valence-corrected chi connectivity index (χ0v) is 16.3. The minimum absolute atomic E-state index is 0.0269. The van der Waals surface area contributed by atoms with Crippen LogP contribution in [0.15, 0.2) is 35.3 Å². The van der Waals surface area contributed by atoms with Crippen LogP contribution in [0.3, 0.4) is 0 Å². The Bertz CT molecular complexity index is 1070. The number of amides is 1. The molecule has 2 aromatic heterocycles. The summed E-state index contributed by atoms with van der Waals surface area (Å²) >= 11 is 0. The normalized spacial score (nSPS) is 17.2. The van der Waals surface area contributed by atoms with E-state index in [1.54, 1.807) is 6.07 Å². The third-order valence-corrected chi connectivity index (χ3v) is 5.65. The second-order valence-corrected chi connectivity index (χ2v) is 7.44. The number of hydrogen-bond acceptors (Lipinski definition) is 4.